The van der Waals surface area contributed by atoms with E-state index in [-0.39, 0.29) is 5.91 Å². The number of hydrogen-bond donors (Lipinski definition) is 0. The van der Waals surface area contributed by atoms with E-state index in [1.807, 2.05) is 4.90 Å². The van der Waals surface area contributed by atoms with Gasteiger partial charge in [0.25, 0.3) is 0 Å². The minimum Gasteiger partial charge on any atom is -0.338 e. The van der Waals surface area contributed by atoms with Crippen LogP contribution in [0, 0.1) is 0 Å². The molecule has 120 valence electrons. The van der Waals surface area contributed by atoms with Gasteiger partial charge >= 0.3 is 0 Å². The van der Waals surface area contributed by atoms with Crippen LogP contribution in [0.5, 0.6) is 0 Å². The molecule has 2 heteroatoms. The fourth-order valence-corrected chi connectivity index (χ4v) is 3.19. The maximum atomic E-state index is 12.5. The summed E-state index contributed by atoms with van der Waals surface area (Å²) in [4.78, 5) is 14.5. The normalized spacial score (nSPS) is 14.0. The predicted octanol–water partition coefficient (Wildman–Crippen LogP) is 4.33. The molecule has 2 aromatic rings. The number of aryl methyl sites for hydroxylation is 1. The molecule has 2 nitrogen and oxygen atoms in total. The lowest BCUT2D eigenvalue weighted by Gasteiger charge is -2.29. The number of benzene rings is 2. The number of carbonyl (C=O) groups is 1. The summed E-state index contributed by atoms with van der Waals surface area (Å²) in [5, 5.41) is 0. The minimum absolute atomic E-state index is 0.271. The molecule has 0 unspecified atom stereocenters. The molecule has 0 fully saturated rings. The lowest BCUT2D eigenvalue weighted by molar-refractivity contribution is -0.132. The quantitative estimate of drug-likeness (QED) is 0.823. The number of carbonyl (C=O) groups excluding carboxylic acids is 1. The van der Waals surface area contributed by atoms with Crippen molar-refractivity contribution in [3.05, 3.63) is 70.8 Å². The van der Waals surface area contributed by atoms with Crippen molar-refractivity contribution in [2.75, 3.05) is 6.54 Å². The first-order valence-electron chi connectivity index (χ1n) is 8.57. The van der Waals surface area contributed by atoms with Gasteiger partial charge in [-0.2, -0.15) is 0 Å². The fourth-order valence-electron chi connectivity index (χ4n) is 3.19. The summed E-state index contributed by atoms with van der Waals surface area (Å²) in [5.74, 6) is 0.825. The van der Waals surface area contributed by atoms with Gasteiger partial charge in [0.05, 0.1) is 0 Å². The Morgan fingerprint density at radius 3 is 2.43 bits per heavy atom. The van der Waals surface area contributed by atoms with E-state index >= 15 is 0 Å². The molecule has 1 amide bonds. The van der Waals surface area contributed by atoms with Crippen LogP contribution < -0.4 is 0 Å². The summed E-state index contributed by atoms with van der Waals surface area (Å²) in [6.07, 6.45) is 2.41. The predicted molar refractivity (Wildman–Crippen MR) is 94.4 cm³/mol. The largest absolute Gasteiger partial charge is 0.338 e. The van der Waals surface area contributed by atoms with Crippen LogP contribution in [0.4, 0.5) is 0 Å². The van der Waals surface area contributed by atoms with E-state index in [4.69, 9.17) is 0 Å². The zero-order valence-corrected chi connectivity index (χ0v) is 14.1. The van der Waals surface area contributed by atoms with Crippen molar-refractivity contribution in [1.29, 1.82) is 0 Å². The molecule has 0 aliphatic carbocycles. The molecule has 0 aromatic heterocycles. The minimum atomic E-state index is 0.271. The van der Waals surface area contributed by atoms with Gasteiger partial charge < -0.3 is 4.90 Å². The monoisotopic (exact) mass is 307 g/mol. The van der Waals surface area contributed by atoms with Crippen LogP contribution in [0.3, 0.4) is 0 Å². The van der Waals surface area contributed by atoms with Crippen molar-refractivity contribution in [2.24, 2.45) is 0 Å². The highest BCUT2D eigenvalue weighted by Gasteiger charge is 2.19. The number of hydrogen-bond acceptors (Lipinski definition) is 1. The summed E-state index contributed by atoms with van der Waals surface area (Å²) in [6.45, 7) is 6.02. The molecule has 1 aliphatic rings. The molecule has 23 heavy (non-hydrogen) atoms. The number of fused-ring (bicyclic) bond motifs is 1. The Balaban J connectivity index is 1.56. The smallest absolute Gasteiger partial charge is 0.223 e. The number of rotatable bonds is 4. The van der Waals surface area contributed by atoms with Gasteiger partial charge in [0.2, 0.25) is 5.91 Å². The van der Waals surface area contributed by atoms with E-state index in [9.17, 15) is 4.79 Å². The molecule has 3 rings (SSSR count). The first kappa shape index (κ1) is 15.8. The Kier molecular flexibility index (Phi) is 4.80. The Morgan fingerprint density at radius 1 is 1.04 bits per heavy atom. The van der Waals surface area contributed by atoms with Crippen molar-refractivity contribution in [1.82, 2.24) is 4.90 Å². The average molecular weight is 307 g/mol. The Bertz CT molecular complexity index is 672. The van der Waals surface area contributed by atoms with E-state index in [1.165, 1.54) is 22.3 Å². The summed E-state index contributed by atoms with van der Waals surface area (Å²) >= 11 is 0. The lowest BCUT2D eigenvalue weighted by atomic mass is 9.98. The molecule has 0 saturated heterocycles. The van der Waals surface area contributed by atoms with Crippen molar-refractivity contribution in [2.45, 2.75) is 45.6 Å². The number of nitrogens with zero attached hydrogens (tertiary/aromatic N) is 1. The van der Waals surface area contributed by atoms with Crippen molar-refractivity contribution >= 4 is 5.91 Å². The number of amides is 1. The summed E-state index contributed by atoms with van der Waals surface area (Å²) < 4.78 is 0. The fraction of sp³-hybridized carbons (Fsp3) is 0.381. The van der Waals surface area contributed by atoms with E-state index in [2.05, 4.69) is 62.4 Å². The second-order valence-corrected chi connectivity index (χ2v) is 6.73. The van der Waals surface area contributed by atoms with E-state index in [0.29, 0.717) is 12.3 Å². The molecule has 0 saturated carbocycles. The molecule has 1 heterocycles. The van der Waals surface area contributed by atoms with Crippen molar-refractivity contribution in [3.63, 3.8) is 0 Å². The van der Waals surface area contributed by atoms with Crippen LogP contribution in [-0.2, 0) is 24.2 Å². The van der Waals surface area contributed by atoms with Gasteiger partial charge in [0, 0.05) is 19.5 Å². The summed E-state index contributed by atoms with van der Waals surface area (Å²) in [6, 6.07) is 17.1. The Morgan fingerprint density at radius 2 is 1.74 bits per heavy atom. The second kappa shape index (κ2) is 6.99. The highest BCUT2D eigenvalue weighted by Crippen LogP contribution is 2.20. The third-order valence-electron chi connectivity index (χ3n) is 4.76. The highest BCUT2D eigenvalue weighted by atomic mass is 16.2. The molecule has 0 bridgehead atoms. The van der Waals surface area contributed by atoms with E-state index in [0.717, 1.165) is 25.9 Å². The van der Waals surface area contributed by atoms with Crippen LogP contribution >= 0.6 is 0 Å². The molecule has 0 N–H and O–H groups in total. The van der Waals surface area contributed by atoms with Gasteiger partial charge in [-0.3, -0.25) is 4.79 Å². The third kappa shape index (κ3) is 3.82. The SMILES string of the molecule is CC(C)c1ccc(CCC(=O)N2CCc3ccccc3C2)cc1. The zero-order valence-electron chi connectivity index (χ0n) is 14.1. The van der Waals surface area contributed by atoms with Crippen molar-refractivity contribution < 1.29 is 4.79 Å². The standard InChI is InChI=1S/C21H25NO/c1-16(2)18-10-7-17(8-11-18)9-12-21(23)22-14-13-19-5-3-4-6-20(19)15-22/h3-8,10-11,16H,9,12-15H2,1-2H3. The molecular formula is C21H25NO. The molecule has 2 aromatic carbocycles. The van der Waals surface area contributed by atoms with Crippen LogP contribution in [0.2, 0.25) is 0 Å². The van der Waals surface area contributed by atoms with Crippen LogP contribution in [0.25, 0.3) is 0 Å². The van der Waals surface area contributed by atoms with Gasteiger partial charge in [-0.25, -0.2) is 0 Å². The second-order valence-electron chi connectivity index (χ2n) is 6.73. The molecule has 0 atom stereocenters. The van der Waals surface area contributed by atoms with E-state index in [1.54, 1.807) is 0 Å². The average Bonchev–Trinajstić information content (AvgIpc) is 2.59. The maximum Gasteiger partial charge on any atom is 0.223 e. The summed E-state index contributed by atoms with van der Waals surface area (Å²) in [7, 11) is 0. The van der Waals surface area contributed by atoms with Gasteiger partial charge in [0.1, 0.15) is 0 Å². The zero-order chi connectivity index (χ0) is 16.2. The van der Waals surface area contributed by atoms with Crippen LogP contribution in [-0.4, -0.2) is 17.4 Å². The Labute approximate surface area is 139 Å². The van der Waals surface area contributed by atoms with Gasteiger partial charge in [-0.1, -0.05) is 62.4 Å². The third-order valence-corrected chi connectivity index (χ3v) is 4.76. The van der Waals surface area contributed by atoms with Crippen LogP contribution in [0.15, 0.2) is 48.5 Å². The van der Waals surface area contributed by atoms with Crippen LogP contribution in [0.1, 0.15) is 48.4 Å². The lowest BCUT2D eigenvalue weighted by Crippen LogP contribution is -2.36. The summed E-state index contributed by atoms with van der Waals surface area (Å²) in [5.41, 5.74) is 5.29. The molecule has 0 spiro atoms. The van der Waals surface area contributed by atoms with E-state index < -0.39 is 0 Å². The van der Waals surface area contributed by atoms with Gasteiger partial charge in [-0.05, 0) is 41.0 Å². The first-order valence-corrected chi connectivity index (χ1v) is 8.57. The topological polar surface area (TPSA) is 20.3 Å². The molecule has 1 aliphatic heterocycles. The highest BCUT2D eigenvalue weighted by molar-refractivity contribution is 5.76. The van der Waals surface area contributed by atoms with Crippen molar-refractivity contribution in [3.8, 4) is 0 Å². The van der Waals surface area contributed by atoms with Gasteiger partial charge in [0.15, 0.2) is 0 Å². The first-order chi connectivity index (χ1) is 11.1. The maximum absolute atomic E-state index is 12.5. The Hall–Kier alpha value is -2.09. The van der Waals surface area contributed by atoms with Gasteiger partial charge in [-0.15, -0.1) is 0 Å². The molecule has 0 radical (unpaired) electrons. The molecular weight excluding hydrogens is 282 g/mol.